The molecule has 9 aromatic rings. The molecule has 1 heterocycles. The van der Waals surface area contributed by atoms with Gasteiger partial charge in [-0.2, -0.15) is 0 Å². The topological polar surface area (TPSA) is 3.24 Å². The van der Waals surface area contributed by atoms with Crippen LogP contribution in [0.5, 0.6) is 0 Å². The molecule has 1 aliphatic carbocycles. The monoisotopic (exact) mass is 681 g/mol. The predicted molar refractivity (Wildman–Crippen MR) is 222 cm³/mol. The van der Waals surface area contributed by atoms with Crippen LogP contribution >= 0.6 is 11.3 Å². The Hall–Kier alpha value is -6.22. The molecule has 1 aromatic heterocycles. The highest BCUT2D eigenvalue weighted by atomic mass is 32.1. The first-order valence-electron chi connectivity index (χ1n) is 17.9. The molecule has 0 bridgehead atoms. The van der Waals surface area contributed by atoms with Gasteiger partial charge in [-0.3, -0.25) is 0 Å². The number of nitrogens with zero attached hydrogens (tertiary/aromatic N) is 1. The maximum atomic E-state index is 2.42. The van der Waals surface area contributed by atoms with E-state index in [1.54, 1.807) is 0 Å². The van der Waals surface area contributed by atoms with E-state index in [4.69, 9.17) is 0 Å². The number of rotatable bonds is 6. The Labute approximate surface area is 308 Å². The first-order chi connectivity index (χ1) is 25.7. The average Bonchev–Trinajstić information content (AvgIpc) is 3.73. The molecule has 0 atom stereocenters. The van der Waals surface area contributed by atoms with Crippen LogP contribution in [-0.4, -0.2) is 0 Å². The van der Waals surface area contributed by atoms with Crippen LogP contribution in [0.2, 0.25) is 0 Å². The fourth-order valence-corrected chi connectivity index (χ4v) is 9.55. The summed E-state index contributed by atoms with van der Waals surface area (Å²) >= 11 is 1.87. The second-order valence-corrected chi connectivity index (χ2v) is 14.9. The number of anilines is 3. The third-order valence-corrected chi connectivity index (χ3v) is 12.2. The molecule has 0 spiro atoms. The van der Waals surface area contributed by atoms with Crippen LogP contribution in [0.3, 0.4) is 0 Å². The van der Waals surface area contributed by atoms with Gasteiger partial charge in [-0.1, -0.05) is 152 Å². The summed E-state index contributed by atoms with van der Waals surface area (Å²) in [5.74, 6) is 0. The molecule has 0 unspecified atom stereocenters. The lowest BCUT2D eigenvalue weighted by Crippen LogP contribution is -2.22. The number of hydrogen-bond donors (Lipinski definition) is 0. The van der Waals surface area contributed by atoms with E-state index >= 15 is 0 Å². The molecule has 52 heavy (non-hydrogen) atoms. The van der Waals surface area contributed by atoms with Crippen molar-refractivity contribution in [1.82, 2.24) is 0 Å². The molecule has 1 nitrogen and oxygen atoms in total. The van der Waals surface area contributed by atoms with Gasteiger partial charge in [0, 0.05) is 32.3 Å². The average molecular weight is 682 g/mol. The van der Waals surface area contributed by atoms with Crippen LogP contribution in [0.4, 0.5) is 17.1 Å². The van der Waals surface area contributed by atoms with Crippen LogP contribution in [0.15, 0.2) is 194 Å². The van der Waals surface area contributed by atoms with Crippen molar-refractivity contribution in [2.24, 2.45) is 0 Å². The molecule has 0 amide bonds. The first-order valence-corrected chi connectivity index (χ1v) is 18.7. The molecule has 8 aromatic carbocycles. The molecule has 10 rings (SSSR count). The van der Waals surface area contributed by atoms with Crippen molar-refractivity contribution in [2.75, 3.05) is 4.90 Å². The van der Waals surface area contributed by atoms with Gasteiger partial charge in [0.15, 0.2) is 0 Å². The highest BCUT2D eigenvalue weighted by Gasteiger charge is 2.40. The van der Waals surface area contributed by atoms with E-state index in [1.807, 2.05) is 11.3 Å². The fourth-order valence-electron chi connectivity index (χ4n) is 8.35. The number of benzene rings is 8. The maximum absolute atomic E-state index is 2.42. The molecule has 0 radical (unpaired) electrons. The zero-order valence-corrected chi connectivity index (χ0v) is 29.6. The minimum atomic E-state index is -0.227. The van der Waals surface area contributed by atoms with Gasteiger partial charge in [0.2, 0.25) is 0 Å². The van der Waals surface area contributed by atoms with E-state index in [1.165, 1.54) is 75.9 Å². The Kier molecular flexibility index (Phi) is 7.19. The van der Waals surface area contributed by atoms with Crippen molar-refractivity contribution in [1.29, 1.82) is 0 Å². The number of thiophene rings is 1. The van der Waals surface area contributed by atoms with Gasteiger partial charge in [0.05, 0.1) is 10.4 Å². The summed E-state index contributed by atoms with van der Waals surface area (Å²) in [6, 6.07) is 71.1. The molecule has 0 fully saturated rings. The number of fused-ring (bicyclic) bond motifs is 6. The molecule has 1 aliphatic rings. The smallest absolute Gasteiger partial charge is 0.0640 e. The molecule has 0 N–H and O–H groups in total. The molecule has 0 aliphatic heterocycles. The Morgan fingerprint density at radius 2 is 0.942 bits per heavy atom. The molecular formula is C50H35NS. The van der Waals surface area contributed by atoms with Gasteiger partial charge < -0.3 is 4.90 Å². The lowest BCUT2D eigenvalue weighted by Gasteiger charge is -2.29. The summed E-state index contributed by atoms with van der Waals surface area (Å²) in [7, 11) is 0. The third-order valence-electron chi connectivity index (χ3n) is 11.0. The number of hydrogen-bond acceptors (Lipinski definition) is 2. The Balaban J connectivity index is 1.07. The SMILES string of the molecule is CC1(c2cccc(-c3ccc(N(c4ccc(-c5ccccc5)cc4)c4cccc5c4sc4ccccc45)cc3)c2)c2ccccc2-c2ccccc21. The standard InChI is InChI=1S/C50H35NS/c1-50(45-21-8-5-17-41(45)42-18-6-9-22-46(42)50)38-16-11-15-37(33-38)36-27-31-40(32-28-36)51(39-29-25-35(26-30-39)34-13-3-2-4-14-34)47-23-12-20-44-43-19-7-10-24-48(43)52-49(44)47/h2-33H,1H3. The zero-order valence-electron chi connectivity index (χ0n) is 28.8. The molecule has 2 heteroatoms. The van der Waals surface area contributed by atoms with Gasteiger partial charge in [-0.15, -0.1) is 11.3 Å². The summed E-state index contributed by atoms with van der Waals surface area (Å²) in [5, 5.41) is 2.60. The lowest BCUT2D eigenvalue weighted by atomic mass is 9.74. The fraction of sp³-hybridized carbons (Fsp3) is 0.0400. The van der Waals surface area contributed by atoms with E-state index in [0.717, 1.165) is 11.4 Å². The molecule has 246 valence electrons. The van der Waals surface area contributed by atoms with E-state index in [2.05, 4.69) is 206 Å². The summed E-state index contributed by atoms with van der Waals surface area (Å²) in [4.78, 5) is 2.42. The first kappa shape index (κ1) is 30.6. The Morgan fingerprint density at radius 1 is 0.423 bits per heavy atom. The van der Waals surface area contributed by atoms with E-state index in [0.29, 0.717) is 0 Å². The van der Waals surface area contributed by atoms with Crippen molar-refractivity contribution in [3.05, 3.63) is 211 Å². The largest absolute Gasteiger partial charge is 0.309 e. The second kappa shape index (κ2) is 12.2. The van der Waals surface area contributed by atoms with Gasteiger partial charge in [-0.25, -0.2) is 0 Å². The maximum Gasteiger partial charge on any atom is 0.0640 e. The molecule has 0 saturated heterocycles. The van der Waals surface area contributed by atoms with Crippen molar-refractivity contribution in [2.45, 2.75) is 12.3 Å². The van der Waals surface area contributed by atoms with Crippen LogP contribution in [0.25, 0.3) is 53.6 Å². The Morgan fingerprint density at radius 3 is 1.63 bits per heavy atom. The normalized spacial score (nSPS) is 12.9. The van der Waals surface area contributed by atoms with Crippen molar-refractivity contribution < 1.29 is 0 Å². The van der Waals surface area contributed by atoms with E-state index in [-0.39, 0.29) is 5.41 Å². The molecule has 0 saturated carbocycles. The second-order valence-electron chi connectivity index (χ2n) is 13.8. The van der Waals surface area contributed by atoms with Crippen LogP contribution in [0, 0.1) is 0 Å². The zero-order chi connectivity index (χ0) is 34.6. The third kappa shape index (κ3) is 4.83. The summed E-state index contributed by atoms with van der Waals surface area (Å²) < 4.78 is 2.60. The van der Waals surface area contributed by atoms with Gasteiger partial charge in [0.1, 0.15) is 0 Å². The Bertz CT molecular complexity index is 2690. The highest BCUT2D eigenvalue weighted by Crippen LogP contribution is 2.52. The van der Waals surface area contributed by atoms with E-state index < -0.39 is 0 Å². The minimum absolute atomic E-state index is 0.227. The van der Waals surface area contributed by atoms with E-state index in [9.17, 15) is 0 Å². The van der Waals surface area contributed by atoms with Gasteiger partial charge in [-0.05, 0) is 99.5 Å². The highest BCUT2D eigenvalue weighted by molar-refractivity contribution is 7.26. The summed E-state index contributed by atoms with van der Waals surface area (Å²) in [5.41, 5.74) is 14.8. The summed E-state index contributed by atoms with van der Waals surface area (Å²) in [6.45, 7) is 2.38. The quantitative estimate of drug-likeness (QED) is 0.169. The predicted octanol–water partition coefficient (Wildman–Crippen LogP) is 14.2. The molecular weight excluding hydrogens is 647 g/mol. The minimum Gasteiger partial charge on any atom is -0.309 e. The van der Waals surface area contributed by atoms with Gasteiger partial charge >= 0.3 is 0 Å². The van der Waals surface area contributed by atoms with Crippen LogP contribution < -0.4 is 4.90 Å². The van der Waals surface area contributed by atoms with Crippen LogP contribution in [0.1, 0.15) is 23.6 Å². The van der Waals surface area contributed by atoms with Gasteiger partial charge in [0.25, 0.3) is 0 Å². The van der Waals surface area contributed by atoms with Crippen LogP contribution in [-0.2, 0) is 5.41 Å². The summed E-state index contributed by atoms with van der Waals surface area (Å²) in [6.07, 6.45) is 0. The van der Waals surface area contributed by atoms with Crippen molar-refractivity contribution in [3.8, 4) is 33.4 Å². The lowest BCUT2D eigenvalue weighted by molar-refractivity contribution is 0.714. The van der Waals surface area contributed by atoms with Crippen molar-refractivity contribution in [3.63, 3.8) is 0 Å². The van der Waals surface area contributed by atoms with Crippen molar-refractivity contribution >= 4 is 48.6 Å².